The zero-order valence-electron chi connectivity index (χ0n) is 14.6. The Hall–Kier alpha value is -2.31. The molecule has 0 saturated carbocycles. The molecule has 1 heterocycles. The minimum absolute atomic E-state index is 0.110. The Morgan fingerprint density at radius 3 is 2.92 bits per heavy atom. The van der Waals surface area contributed by atoms with Crippen molar-refractivity contribution in [3.63, 3.8) is 0 Å². The number of fused-ring (bicyclic) bond motifs is 1. The third-order valence-corrected chi connectivity index (χ3v) is 5.49. The number of nitrogens with two attached hydrogens (primary N) is 1. The number of nitrogens with zero attached hydrogens (tertiary/aromatic N) is 2. The standard InChI is InChI=1S/C20H23N3O2S/c1-2-16(9-6-12-21)26-20-22-18-11-4-3-10-17(18)19(25)23(20)14-7-5-8-15(24)13-14/h2,5,7-8,10-11,13,16,24H,1,3-4,6,9,12,21H2. The number of hydrogen-bond donors (Lipinski definition) is 2. The van der Waals surface area contributed by atoms with Gasteiger partial charge in [0.2, 0.25) is 0 Å². The van der Waals surface area contributed by atoms with Crippen molar-refractivity contribution in [1.29, 1.82) is 0 Å². The second kappa shape index (κ2) is 8.38. The Morgan fingerprint density at radius 2 is 2.19 bits per heavy atom. The van der Waals surface area contributed by atoms with Crippen LogP contribution in [0.4, 0.5) is 0 Å². The summed E-state index contributed by atoms with van der Waals surface area (Å²) in [5.41, 5.74) is 6.12. The molecular formula is C20H23N3O2S. The van der Waals surface area contributed by atoms with Crippen LogP contribution in [0.15, 0.2) is 46.9 Å². The fourth-order valence-electron chi connectivity index (χ4n) is 2.94. The van der Waals surface area contributed by atoms with Gasteiger partial charge < -0.3 is 10.8 Å². The molecule has 5 nitrogen and oxygen atoms in total. The summed E-state index contributed by atoms with van der Waals surface area (Å²) in [5, 5.41) is 11.9. The molecule has 136 valence electrons. The second-order valence-corrected chi connectivity index (χ2v) is 7.37. The number of thioether (sulfide) groups is 1. The number of aromatic hydroxyl groups is 1. The topological polar surface area (TPSA) is 81.1 Å². The molecule has 0 aliphatic heterocycles. The van der Waals surface area contributed by atoms with Crippen LogP contribution < -0.4 is 21.9 Å². The molecule has 3 N–H and O–H groups in total. The van der Waals surface area contributed by atoms with Crippen LogP contribution in [-0.2, 0) is 0 Å². The van der Waals surface area contributed by atoms with Gasteiger partial charge in [-0.1, -0.05) is 36.1 Å². The highest BCUT2D eigenvalue weighted by molar-refractivity contribution is 7.99. The molecule has 1 aliphatic carbocycles. The minimum atomic E-state index is -0.110. The summed E-state index contributed by atoms with van der Waals surface area (Å²) in [4.78, 5) is 17.9. The minimum Gasteiger partial charge on any atom is -0.508 e. The van der Waals surface area contributed by atoms with E-state index in [1.165, 1.54) is 11.8 Å². The maximum Gasteiger partial charge on any atom is 0.266 e. The Kier molecular flexibility index (Phi) is 5.96. The number of rotatable bonds is 7. The van der Waals surface area contributed by atoms with Crippen molar-refractivity contribution in [2.45, 2.75) is 36.1 Å². The predicted molar refractivity (Wildman–Crippen MR) is 107 cm³/mol. The third-order valence-electron chi connectivity index (χ3n) is 4.27. The molecule has 2 aromatic rings. The molecule has 26 heavy (non-hydrogen) atoms. The molecule has 6 heteroatoms. The molecule has 0 saturated heterocycles. The van der Waals surface area contributed by atoms with Crippen molar-refractivity contribution in [3.8, 4) is 11.4 Å². The molecule has 1 aliphatic rings. The monoisotopic (exact) mass is 369 g/mol. The fraction of sp³-hybridized carbons (Fsp3) is 0.300. The Balaban J connectivity index is 2.17. The molecule has 0 radical (unpaired) electrons. The first-order valence-electron chi connectivity index (χ1n) is 8.76. The molecular weight excluding hydrogens is 346 g/mol. The van der Waals surface area contributed by atoms with Crippen LogP contribution in [0.3, 0.4) is 0 Å². The number of phenols is 1. The van der Waals surface area contributed by atoms with Gasteiger partial charge in [0, 0.05) is 11.3 Å². The maximum absolute atomic E-state index is 13.2. The van der Waals surface area contributed by atoms with Gasteiger partial charge in [0.05, 0.1) is 16.3 Å². The van der Waals surface area contributed by atoms with Crippen molar-refractivity contribution < 1.29 is 5.11 Å². The fourth-order valence-corrected chi connectivity index (χ4v) is 4.04. The quantitative estimate of drug-likeness (QED) is 0.441. The summed E-state index contributed by atoms with van der Waals surface area (Å²) in [6.45, 7) is 4.52. The van der Waals surface area contributed by atoms with E-state index < -0.39 is 0 Å². The highest BCUT2D eigenvalue weighted by Gasteiger charge is 2.16. The van der Waals surface area contributed by atoms with Gasteiger partial charge in [0.1, 0.15) is 5.75 Å². The first-order chi connectivity index (χ1) is 12.6. The van der Waals surface area contributed by atoms with Gasteiger partial charge in [-0.15, -0.1) is 6.58 Å². The first-order valence-corrected chi connectivity index (χ1v) is 9.64. The van der Waals surface area contributed by atoms with Crippen LogP contribution in [-0.4, -0.2) is 26.5 Å². The van der Waals surface area contributed by atoms with Crippen molar-refractivity contribution >= 4 is 23.9 Å². The second-order valence-electron chi connectivity index (χ2n) is 6.16. The summed E-state index contributed by atoms with van der Waals surface area (Å²) in [5.74, 6) is 0.113. The number of aromatic nitrogens is 2. The van der Waals surface area contributed by atoms with Crippen molar-refractivity contribution in [2.24, 2.45) is 5.73 Å². The molecule has 1 atom stereocenters. The average Bonchev–Trinajstić information content (AvgIpc) is 2.65. The van der Waals surface area contributed by atoms with Crippen molar-refractivity contribution in [1.82, 2.24) is 9.55 Å². The molecule has 0 fully saturated rings. The zero-order chi connectivity index (χ0) is 18.5. The van der Waals surface area contributed by atoms with Gasteiger partial charge in [-0.05, 0) is 44.4 Å². The molecule has 1 aromatic carbocycles. The molecule has 1 aromatic heterocycles. The lowest BCUT2D eigenvalue weighted by atomic mass is 10.1. The molecule has 0 amide bonds. The van der Waals surface area contributed by atoms with Gasteiger partial charge in [0.15, 0.2) is 5.16 Å². The SMILES string of the molecule is C=CC(CCCN)Sc1nc2c(c(=O)n1-c1cccc(O)c1)=CCCC=2. The largest absolute Gasteiger partial charge is 0.508 e. The lowest BCUT2D eigenvalue weighted by Crippen LogP contribution is -2.48. The van der Waals surface area contributed by atoms with E-state index in [2.05, 4.69) is 6.58 Å². The summed E-state index contributed by atoms with van der Waals surface area (Å²) >= 11 is 1.51. The number of benzene rings is 1. The highest BCUT2D eigenvalue weighted by atomic mass is 32.2. The van der Waals surface area contributed by atoms with Crippen LogP contribution in [0.25, 0.3) is 17.8 Å². The van der Waals surface area contributed by atoms with Gasteiger partial charge in [-0.2, -0.15) is 0 Å². The van der Waals surface area contributed by atoms with E-state index in [4.69, 9.17) is 10.7 Å². The van der Waals surface area contributed by atoms with Gasteiger partial charge >= 0.3 is 0 Å². The molecule has 0 spiro atoms. The van der Waals surface area contributed by atoms with E-state index in [1.807, 2.05) is 18.2 Å². The van der Waals surface area contributed by atoms with Crippen LogP contribution in [0, 0.1) is 0 Å². The van der Waals surface area contributed by atoms with Gasteiger partial charge in [0.25, 0.3) is 5.56 Å². The summed E-state index contributed by atoms with van der Waals surface area (Å²) in [6.07, 6.45) is 9.29. The number of phenolic OH excluding ortho intramolecular Hbond substituents is 1. The van der Waals surface area contributed by atoms with E-state index in [-0.39, 0.29) is 16.6 Å². The lowest BCUT2D eigenvalue weighted by molar-refractivity contribution is 0.474. The van der Waals surface area contributed by atoms with Gasteiger partial charge in [-0.25, -0.2) is 4.98 Å². The average molecular weight is 369 g/mol. The predicted octanol–water partition coefficient (Wildman–Crippen LogP) is 1.68. The van der Waals surface area contributed by atoms with E-state index in [1.54, 1.807) is 28.8 Å². The van der Waals surface area contributed by atoms with E-state index in [0.29, 0.717) is 22.6 Å². The van der Waals surface area contributed by atoms with E-state index in [9.17, 15) is 9.90 Å². The lowest BCUT2D eigenvalue weighted by Gasteiger charge is -2.17. The molecule has 1 unspecified atom stereocenters. The van der Waals surface area contributed by atoms with Crippen LogP contribution in [0.2, 0.25) is 0 Å². The number of hydrogen-bond acceptors (Lipinski definition) is 5. The van der Waals surface area contributed by atoms with E-state index >= 15 is 0 Å². The molecule has 3 rings (SSSR count). The highest BCUT2D eigenvalue weighted by Crippen LogP contribution is 2.26. The maximum atomic E-state index is 13.2. The summed E-state index contributed by atoms with van der Waals surface area (Å²) in [6, 6.07) is 6.69. The van der Waals surface area contributed by atoms with Crippen molar-refractivity contribution in [3.05, 3.63) is 57.8 Å². The third kappa shape index (κ3) is 3.92. The van der Waals surface area contributed by atoms with Crippen molar-refractivity contribution in [2.75, 3.05) is 6.54 Å². The van der Waals surface area contributed by atoms with Gasteiger partial charge in [-0.3, -0.25) is 9.36 Å². The van der Waals surface area contributed by atoms with Crippen LogP contribution in [0.5, 0.6) is 5.75 Å². The Labute approximate surface area is 156 Å². The van der Waals surface area contributed by atoms with E-state index in [0.717, 1.165) is 31.0 Å². The Bertz CT molecular complexity index is 982. The summed E-state index contributed by atoms with van der Waals surface area (Å²) < 4.78 is 1.58. The zero-order valence-corrected chi connectivity index (χ0v) is 15.4. The molecule has 0 bridgehead atoms. The smallest absolute Gasteiger partial charge is 0.266 e. The normalized spacial score (nSPS) is 14.0. The first kappa shape index (κ1) is 18.5. The summed E-state index contributed by atoms with van der Waals surface area (Å²) in [7, 11) is 0. The Morgan fingerprint density at radius 1 is 1.38 bits per heavy atom. The van der Waals surface area contributed by atoms with Crippen LogP contribution >= 0.6 is 11.8 Å². The van der Waals surface area contributed by atoms with Crippen LogP contribution in [0.1, 0.15) is 25.7 Å².